The maximum absolute atomic E-state index is 10.4. The Morgan fingerprint density at radius 2 is 2.05 bits per heavy atom. The van der Waals surface area contributed by atoms with Crippen molar-refractivity contribution in [2.45, 2.75) is 6.10 Å². The zero-order valence-electron chi connectivity index (χ0n) is 11.8. The van der Waals surface area contributed by atoms with Crippen LogP contribution in [0.15, 0.2) is 34.1 Å². The highest BCUT2D eigenvalue weighted by Gasteiger charge is 2.15. The SMILES string of the molecule is COCCOc1ccc(C(O)c2cc(OC)cs2)cc1Br. The van der Waals surface area contributed by atoms with E-state index in [4.69, 9.17) is 14.2 Å². The van der Waals surface area contributed by atoms with Gasteiger partial charge in [-0.05, 0) is 39.7 Å². The molecule has 4 nitrogen and oxygen atoms in total. The van der Waals surface area contributed by atoms with E-state index in [0.717, 1.165) is 26.4 Å². The van der Waals surface area contributed by atoms with Gasteiger partial charge in [0.15, 0.2) is 0 Å². The third-order valence-electron chi connectivity index (χ3n) is 2.92. The molecule has 0 aliphatic carbocycles. The molecule has 21 heavy (non-hydrogen) atoms. The summed E-state index contributed by atoms with van der Waals surface area (Å²) in [5, 5.41) is 12.3. The molecule has 0 radical (unpaired) electrons. The lowest BCUT2D eigenvalue weighted by Crippen LogP contribution is -2.05. The van der Waals surface area contributed by atoms with Crippen molar-refractivity contribution < 1.29 is 19.3 Å². The van der Waals surface area contributed by atoms with E-state index >= 15 is 0 Å². The average Bonchev–Trinajstić information content (AvgIpc) is 2.97. The summed E-state index contributed by atoms with van der Waals surface area (Å²) in [6, 6.07) is 7.39. The van der Waals surface area contributed by atoms with Crippen LogP contribution in [0, 0.1) is 0 Å². The van der Waals surface area contributed by atoms with Crippen LogP contribution in [0.4, 0.5) is 0 Å². The summed E-state index contributed by atoms with van der Waals surface area (Å²) in [6.07, 6.45) is -0.678. The molecule has 0 fully saturated rings. The fraction of sp³-hybridized carbons (Fsp3) is 0.333. The first-order chi connectivity index (χ1) is 10.2. The van der Waals surface area contributed by atoms with Gasteiger partial charge < -0.3 is 19.3 Å². The number of ether oxygens (including phenoxy) is 3. The normalized spacial score (nSPS) is 12.2. The highest BCUT2D eigenvalue weighted by molar-refractivity contribution is 9.10. The molecular weight excluding hydrogens is 356 g/mol. The van der Waals surface area contributed by atoms with Crippen LogP contribution in [0.5, 0.6) is 11.5 Å². The first-order valence-corrected chi connectivity index (χ1v) is 8.04. The summed E-state index contributed by atoms with van der Waals surface area (Å²) in [4.78, 5) is 0.840. The second-order valence-corrected chi connectivity index (χ2v) is 6.12. The quantitative estimate of drug-likeness (QED) is 0.753. The van der Waals surface area contributed by atoms with E-state index < -0.39 is 6.10 Å². The van der Waals surface area contributed by atoms with Gasteiger partial charge in [0.05, 0.1) is 18.2 Å². The van der Waals surface area contributed by atoms with Crippen LogP contribution in [0.2, 0.25) is 0 Å². The topological polar surface area (TPSA) is 47.9 Å². The van der Waals surface area contributed by atoms with Gasteiger partial charge in [0.2, 0.25) is 0 Å². The van der Waals surface area contributed by atoms with Gasteiger partial charge in [0, 0.05) is 17.4 Å². The Bertz CT molecular complexity index is 585. The fourth-order valence-corrected chi connectivity index (χ4v) is 3.16. The lowest BCUT2D eigenvalue weighted by atomic mass is 10.1. The van der Waals surface area contributed by atoms with Crippen molar-refractivity contribution in [3.8, 4) is 11.5 Å². The summed E-state index contributed by atoms with van der Waals surface area (Å²) in [5.41, 5.74) is 0.797. The van der Waals surface area contributed by atoms with Crippen LogP contribution in [-0.4, -0.2) is 32.5 Å². The van der Waals surface area contributed by atoms with Crippen molar-refractivity contribution >= 4 is 27.3 Å². The minimum absolute atomic E-state index is 0.485. The zero-order chi connectivity index (χ0) is 15.2. The largest absolute Gasteiger partial charge is 0.496 e. The van der Waals surface area contributed by atoms with Gasteiger partial charge in [-0.1, -0.05) is 6.07 Å². The summed E-state index contributed by atoms with van der Waals surface area (Å²) < 4.78 is 16.5. The molecule has 0 saturated carbocycles. The highest BCUT2D eigenvalue weighted by Crippen LogP contribution is 2.34. The van der Waals surface area contributed by atoms with Gasteiger partial charge >= 0.3 is 0 Å². The number of aliphatic hydroxyl groups excluding tert-OH is 1. The van der Waals surface area contributed by atoms with E-state index in [1.807, 2.05) is 29.6 Å². The molecule has 2 rings (SSSR count). The molecule has 6 heteroatoms. The number of thiophene rings is 1. The Morgan fingerprint density at radius 1 is 1.24 bits per heavy atom. The number of halogens is 1. The second-order valence-electron chi connectivity index (χ2n) is 4.32. The monoisotopic (exact) mass is 372 g/mol. The van der Waals surface area contributed by atoms with Crippen molar-refractivity contribution in [1.82, 2.24) is 0 Å². The number of aliphatic hydroxyl groups is 1. The molecule has 2 aromatic rings. The van der Waals surface area contributed by atoms with Crippen molar-refractivity contribution in [3.05, 3.63) is 44.6 Å². The predicted octanol–water partition coefficient (Wildman–Crippen LogP) is 3.63. The van der Waals surface area contributed by atoms with Gasteiger partial charge in [0.25, 0.3) is 0 Å². The number of hydrogen-bond acceptors (Lipinski definition) is 5. The number of rotatable bonds is 7. The molecule has 114 valence electrons. The van der Waals surface area contributed by atoms with Crippen molar-refractivity contribution in [1.29, 1.82) is 0 Å². The molecule has 0 aliphatic rings. The van der Waals surface area contributed by atoms with Crippen LogP contribution >= 0.6 is 27.3 Å². The van der Waals surface area contributed by atoms with Crippen molar-refractivity contribution in [2.75, 3.05) is 27.4 Å². The molecule has 1 atom stereocenters. The van der Waals surface area contributed by atoms with E-state index in [2.05, 4.69) is 15.9 Å². The maximum Gasteiger partial charge on any atom is 0.133 e. The Morgan fingerprint density at radius 3 is 2.67 bits per heavy atom. The summed E-state index contributed by atoms with van der Waals surface area (Å²) in [7, 11) is 3.24. The molecule has 0 bridgehead atoms. The van der Waals surface area contributed by atoms with Crippen LogP contribution in [0.3, 0.4) is 0 Å². The molecule has 0 aliphatic heterocycles. The van der Waals surface area contributed by atoms with Gasteiger partial charge in [-0.2, -0.15) is 0 Å². The van der Waals surface area contributed by atoms with Crippen LogP contribution < -0.4 is 9.47 Å². The average molecular weight is 373 g/mol. The number of hydrogen-bond donors (Lipinski definition) is 1. The molecule has 1 heterocycles. The Balaban J connectivity index is 2.11. The lowest BCUT2D eigenvalue weighted by Gasteiger charge is -2.12. The minimum atomic E-state index is -0.678. The van der Waals surface area contributed by atoms with E-state index in [0.29, 0.717) is 13.2 Å². The van der Waals surface area contributed by atoms with E-state index in [1.165, 1.54) is 11.3 Å². The first-order valence-electron chi connectivity index (χ1n) is 6.37. The van der Waals surface area contributed by atoms with Crippen molar-refractivity contribution in [2.24, 2.45) is 0 Å². The van der Waals surface area contributed by atoms with Gasteiger partial charge in [-0.25, -0.2) is 0 Å². The summed E-state index contributed by atoms with van der Waals surface area (Å²) >= 11 is 4.93. The smallest absolute Gasteiger partial charge is 0.133 e. The maximum atomic E-state index is 10.4. The summed E-state index contributed by atoms with van der Waals surface area (Å²) in [5.74, 6) is 1.49. The Labute approximate surface area is 136 Å². The highest BCUT2D eigenvalue weighted by atomic mass is 79.9. The van der Waals surface area contributed by atoms with Crippen molar-refractivity contribution in [3.63, 3.8) is 0 Å². The van der Waals surface area contributed by atoms with Crippen LogP contribution in [0.25, 0.3) is 0 Å². The lowest BCUT2D eigenvalue weighted by molar-refractivity contribution is 0.146. The van der Waals surface area contributed by atoms with Crippen LogP contribution in [-0.2, 0) is 4.74 Å². The van der Waals surface area contributed by atoms with Gasteiger partial charge in [-0.15, -0.1) is 11.3 Å². The van der Waals surface area contributed by atoms with Gasteiger partial charge in [0.1, 0.15) is 24.2 Å². The molecule has 0 amide bonds. The first kappa shape index (κ1) is 16.3. The number of benzene rings is 1. The molecular formula is C15H17BrO4S. The van der Waals surface area contributed by atoms with E-state index in [9.17, 15) is 5.11 Å². The molecule has 1 unspecified atom stereocenters. The third-order valence-corrected chi connectivity index (χ3v) is 4.50. The predicted molar refractivity (Wildman–Crippen MR) is 86.4 cm³/mol. The summed E-state index contributed by atoms with van der Waals surface area (Å²) in [6.45, 7) is 1.02. The molecule has 1 aromatic heterocycles. The standard InChI is InChI=1S/C15H17BrO4S/c1-18-5-6-20-13-4-3-10(7-12(13)16)15(17)14-8-11(19-2)9-21-14/h3-4,7-9,15,17H,5-6H2,1-2H3. The Hall–Kier alpha value is -1.08. The fourth-order valence-electron chi connectivity index (χ4n) is 1.79. The molecule has 1 aromatic carbocycles. The number of methoxy groups -OCH3 is 2. The zero-order valence-corrected chi connectivity index (χ0v) is 14.2. The van der Waals surface area contributed by atoms with E-state index in [1.54, 1.807) is 14.2 Å². The second kappa shape index (κ2) is 7.79. The minimum Gasteiger partial charge on any atom is -0.496 e. The Kier molecular flexibility index (Phi) is 6.05. The van der Waals surface area contributed by atoms with E-state index in [-0.39, 0.29) is 0 Å². The van der Waals surface area contributed by atoms with Gasteiger partial charge in [-0.3, -0.25) is 0 Å². The van der Waals surface area contributed by atoms with Crippen LogP contribution in [0.1, 0.15) is 16.5 Å². The molecule has 0 saturated heterocycles. The molecule has 0 spiro atoms. The molecule has 1 N–H and O–H groups in total. The third kappa shape index (κ3) is 4.20.